The lowest BCUT2D eigenvalue weighted by molar-refractivity contribution is 0.982. The van der Waals surface area contributed by atoms with E-state index in [-0.39, 0.29) is 0 Å². The molecule has 0 fully saturated rings. The van der Waals surface area contributed by atoms with Crippen LogP contribution in [0.25, 0.3) is 0 Å². The van der Waals surface area contributed by atoms with Gasteiger partial charge in [-0.05, 0) is 48.7 Å². The SMILES string of the molecule is CCc1ccc(Nc2nncc(Nc3ccc(C)c(Cl)c3)n2)cc1. The van der Waals surface area contributed by atoms with Crippen molar-refractivity contribution in [2.24, 2.45) is 0 Å². The first-order valence-corrected chi connectivity index (χ1v) is 8.10. The van der Waals surface area contributed by atoms with Gasteiger partial charge in [0, 0.05) is 16.4 Å². The Labute approximate surface area is 146 Å². The van der Waals surface area contributed by atoms with Crippen LogP contribution in [0.1, 0.15) is 18.1 Å². The summed E-state index contributed by atoms with van der Waals surface area (Å²) >= 11 is 6.14. The van der Waals surface area contributed by atoms with Gasteiger partial charge >= 0.3 is 0 Å². The predicted molar refractivity (Wildman–Crippen MR) is 98.4 cm³/mol. The summed E-state index contributed by atoms with van der Waals surface area (Å²) in [6.07, 6.45) is 2.58. The molecule has 0 aliphatic heterocycles. The van der Waals surface area contributed by atoms with E-state index < -0.39 is 0 Å². The number of benzene rings is 2. The summed E-state index contributed by atoms with van der Waals surface area (Å²) in [5, 5.41) is 15.0. The first-order chi connectivity index (χ1) is 11.6. The smallest absolute Gasteiger partial charge is 0.249 e. The highest BCUT2D eigenvalue weighted by atomic mass is 35.5. The van der Waals surface area contributed by atoms with E-state index in [0.717, 1.165) is 23.4 Å². The molecular formula is C18H18ClN5. The van der Waals surface area contributed by atoms with E-state index in [2.05, 4.69) is 44.9 Å². The third kappa shape index (κ3) is 4.00. The minimum absolute atomic E-state index is 0.433. The largest absolute Gasteiger partial charge is 0.339 e. The van der Waals surface area contributed by atoms with Crippen LogP contribution in [0.2, 0.25) is 5.02 Å². The van der Waals surface area contributed by atoms with Crippen molar-refractivity contribution in [1.29, 1.82) is 0 Å². The van der Waals surface area contributed by atoms with E-state index in [1.807, 2.05) is 37.3 Å². The van der Waals surface area contributed by atoms with Crippen molar-refractivity contribution >= 4 is 34.7 Å². The third-order valence-electron chi connectivity index (χ3n) is 3.62. The van der Waals surface area contributed by atoms with Crippen molar-refractivity contribution in [3.8, 4) is 0 Å². The van der Waals surface area contributed by atoms with Gasteiger partial charge in [0.1, 0.15) is 0 Å². The van der Waals surface area contributed by atoms with Crippen LogP contribution in [0.15, 0.2) is 48.7 Å². The fourth-order valence-corrected chi connectivity index (χ4v) is 2.37. The Bertz CT molecular complexity index is 833. The molecule has 5 nitrogen and oxygen atoms in total. The van der Waals surface area contributed by atoms with Crippen LogP contribution in [-0.4, -0.2) is 15.2 Å². The zero-order valence-electron chi connectivity index (χ0n) is 13.5. The quantitative estimate of drug-likeness (QED) is 0.693. The van der Waals surface area contributed by atoms with Gasteiger partial charge in [-0.15, -0.1) is 5.10 Å². The highest BCUT2D eigenvalue weighted by molar-refractivity contribution is 6.31. The molecule has 2 aromatic carbocycles. The average molecular weight is 340 g/mol. The van der Waals surface area contributed by atoms with Crippen molar-refractivity contribution in [3.63, 3.8) is 0 Å². The van der Waals surface area contributed by atoms with Crippen molar-refractivity contribution < 1.29 is 0 Å². The number of anilines is 4. The number of rotatable bonds is 5. The van der Waals surface area contributed by atoms with Crippen LogP contribution in [0.5, 0.6) is 0 Å². The van der Waals surface area contributed by atoms with E-state index in [9.17, 15) is 0 Å². The molecule has 0 atom stereocenters. The summed E-state index contributed by atoms with van der Waals surface area (Å²) < 4.78 is 0. The monoisotopic (exact) mass is 339 g/mol. The third-order valence-corrected chi connectivity index (χ3v) is 4.03. The van der Waals surface area contributed by atoms with Gasteiger partial charge in [0.05, 0.1) is 6.20 Å². The normalized spacial score (nSPS) is 10.5. The molecule has 0 radical (unpaired) electrons. The standard InChI is InChI=1S/C18H18ClN5/c1-3-13-5-8-14(9-6-13)22-18-23-17(11-20-24-18)21-15-7-4-12(2)16(19)10-15/h4-11H,3H2,1-2H3,(H2,21,22,23,24). The summed E-state index contributed by atoms with van der Waals surface area (Å²) in [4.78, 5) is 4.42. The van der Waals surface area contributed by atoms with Gasteiger partial charge in [-0.3, -0.25) is 0 Å². The molecule has 0 saturated carbocycles. The molecule has 1 aromatic heterocycles. The highest BCUT2D eigenvalue weighted by Crippen LogP contribution is 2.22. The van der Waals surface area contributed by atoms with Gasteiger partial charge < -0.3 is 10.6 Å². The molecule has 0 spiro atoms. The average Bonchev–Trinajstić information content (AvgIpc) is 2.59. The molecular weight excluding hydrogens is 322 g/mol. The molecule has 0 saturated heterocycles. The Morgan fingerprint density at radius 2 is 1.75 bits per heavy atom. The summed E-state index contributed by atoms with van der Waals surface area (Å²) in [5.41, 5.74) is 4.08. The Balaban J connectivity index is 1.74. The van der Waals surface area contributed by atoms with Gasteiger partial charge in [-0.1, -0.05) is 36.7 Å². The van der Waals surface area contributed by atoms with Crippen LogP contribution in [0, 0.1) is 6.92 Å². The van der Waals surface area contributed by atoms with Crippen molar-refractivity contribution in [1.82, 2.24) is 15.2 Å². The number of nitrogens with one attached hydrogen (secondary N) is 2. The number of hydrogen-bond acceptors (Lipinski definition) is 5. The molecule has 0 bridgehead atoms. The zero-order chi connectivity index (χ0) is 16.9. The van der Waals surface area contributed by atoms with Crippen LogP contribution >= 0.6 is 11.6 Å². The Morgan fingerprint density at radius 3 is 2.46 bits per heavy atom. The molecule has 0 aliphatic carbocycles. The molecule has 122 valence electrons. The highest BCUT2D eigenvalue weighted by Gasteiger charge is 2.04. The fourth-order valence-electron chi connectivity index (χ4n) is 2.19. The predicted octanol–water partition coefficient (Wildman–Crippen LogP) is 4.88. The van der Waals surface area contributed by atoms with Gasteiger partial charge in [-0.25, -0.2) is 0 Å². The summed E-state index contributed by atoms with van der Waals surface area (Å²) in [6.45, 7) is 4.09. The van der Waals surface area contributed by atoms with Gasteiger partial charge in [0.25, 0.3) is 0 Å². The van der Waals surface area contributed by atoms with Gasteiger partial charge in [0.15, 0.2) is 5.82 Å². The number of aryl methyl sites for hydroxylation is 2. The molecule has 1 heterocycles. The maximum Gasteiger partial charge on any atom is 0.249 e. The van der Waals surface area contributed by atoms with Crippen LogP contribution in [0.4, 0.5) is 23.1 Å². The molecule has 3 rings (SSSR count). The maximum atomic E-state index is 6.14. The molecule has 0 amide bonds. The van der Waals surface area contributed by atoms with Gasteiger partial charge in [0.2, 0.25) is 5.95 Å². The second-order valence-corrected chi connectivity index (χ2v) is 5.84. The zero-order valence-corrected chi connectivity index (χ0v) is 14.3. The van der Waals surface area contributed by atoms with Crippen LogP contribution in [-0.2, 0) is 6.42 Å². The summed E-state index contributed by atoms with van der Waals surface area (Å²) in [5.74, 6) is 1.03. The summed E-state index contributed by atoms with van der Waals surface area (Å²) in [6, 6.07) is 13.9. The molecule has 24 heavy (non-hydrogen) atoms. The van der Waals surface area contributed by atoms with E-state index in [1.165, 1.54) is 5.56 Å². The number of nitrogens with zero attached hydrogens (tertiary/aromatic N) is 3. The lowest BCUT2D eigenvalue weighted by Crippen LogP contribution is -2.02. The first kappa shape index (κ1) is 16.2. The minimum Gasteiger partial charge on any atom is -0.339 e. The van der Waals surface area contributed by atoms with E-state index in [1.54, 1.807) is 6.20 Å². The Hall–Kier alpha value is -2.66. The lowest BCUT2D eigenvalue weighted by Gasteiger charge is -2.09. The summed E-state index contributed by atoms with van der Waals surface area (Å²) in [7, 11) is 0. The van der Waals surface area contributed by atoms with Crippen molar-refractivity contribution in [2.45, 2.75) is 20.3 Å². The Morgan fingerprint density at radius 1 is 1.00 bits per heavy atom. The first-order valence-electron chi connectivity index (χ1n) is 7.73. The number of aromatic nitrogens is 3. The lowest BCUT2D eigenvalue weighted by atomic mass is 10.1. The molecule has 2 N–H and O–H groups in total. The molecule has 6 heteroatoms. The topological polar surface area (TPSA) is 62.7 Å². The Kier molecular flexibility index (Phi) is 4.91. The number of halogens is 1. The second kappa shape index (κ2) is 7.27. The number of hydrogen-bond donors (Lipinski definition) is 2. The van der Waals surface area contributed by atoms with E-state index >= 15 is 0 Å². The van der Waals surface area contributed by atoms with E-state index in [0.29, 0.717) is 16.8 Å². The fraction of sp³-hybridized carbons (Fsp3) is 0.167. The van der Waals surface area contributed by atoms with E-state index in [4.69, 9.17) is 11.6 Å². The van der Waals surface area contributed by atoms with Crippen molar-refractivity contribution in [2.75, 3.05) is 10.6 Å². The maximum absolute atomic E-state index is 6.14. The molecule has 3 aromatic rings. The van der Waals surface area contributed by atoms with Crippen molar-refractivity contribution in [3.05, 3.63) is 64.8 Å². The van der Waals surface area contributed by atoms with Crippen LogP contribution in [0.3, 0.4) is 0 Å². The van der Waals surface area contributed by atoms with Crippen LogP contribution < -0.4 is 10.6 Å². The molecule has 0 unspecified atom stereocenters. The second-order valence-electron chi connectivity index (χ2n) is 5.43. The molecule has 0 aliphatic rings. The minimum atomic E-state index is 0.433. The van der Waals surface area contributed by atoms with Gasteiger partial charge in [-0.2, -0.15) is 10.1 Å².